The van der Waals surface area contributed by atoms with Gasteiger partial charge in [0.1, 0.15) is 11.7 Å². The molecular formula is C14H18N2O2. The maximum Gasteiger partial charge on any atom is 0.237 e. The van der Waals surface area contributed by atoms with Crippen molar-refractivity contribution in [3.8, 4) is 11.8 Å². The van der Waals surface area contributed by atoms with Crippen molar-refractivity contribution in [3.05, 3.63) is 29.8 Å². The number of ether oxygens (including phenoxy) is 1. The molecule has 1 amide bonds. The highest BCUT2D eigenvalue weighted by atomic mass is 16.5. The molecule has 1 unspecified atom stereocenters. The van der Waals surface area contributed by atoms with E-state index in [1.54, 1.807) is 7.11 Å². The van der Waals surface area contributed by atoms with Crippen LogP contribution in [0.1, 0.15) is 19.4 Å². The number of hydrogen-bond acceptors (Lipinski definition) is 3. The van der Waals surface area contributed by atoms with Crippen LogP contribution in [0.25, 0.3) is 0 Å². The molecule has 0 aliphatic heterocycles. The molecule has 0 radical (unpaired) electrons. The standard InChI is InChI=1S/C14H18N2O2/c1-10(2)12(8-15)14(17)16-9-11-6-4-5-7-13(11)18-3/h4-7,10,12H,9H2,1-3H3,(H,16,17). The van der Waals surface area contributed by atoms with Crippen molar-refractivity contribution < 1.29 is 9.53 Å². The first-order chi connectivity index (χ1) is 8.60. The lowest BCUT2D eigenvalue weighted by atomic mass is 9.96. The van der Waals surface area contributed by atoms with Crippen LogP contribution in [0.15, 0.2) is 24.3 Å². The van der Waals surface area contributed by atoms with Crippen molar-refractivity contribution in [1.29, 1.82) is 5.26 Å². The van der Waals surface area contributed by atoms with Crippen LogP contribution in [0.5, 0.6) is 5.75 Å². The smallest absolute Gasteiger partial charge is 0.237 e. The zero-order valence-electron chi connectivity index (χ0n) is 10.9. The Kier molecular flexibility index (Phi) is 5.19. The number of carbonyl (C=O) groups excluding carboxylic acids is 1. The first kappa shape index (κ1) is 14.0. The van der Waals surface area contributed by atoms with Gasteiger partial charge in [0.05, 0.1) is 13.2 Å². The van der Waals surface area contributed by atoms with Gasteiger partial charge in [-0.05, 0) is 12.0 Å². The van der Waals surface area contributed by atoms with Crippen LogP contribution in [0.3, 0.4) is 0 Å². The third kappa shape index (κ3) is 3.49. The number of rotatable bonds is 5. The van der Waals surface area contributed by atoms with Gasteiger partial charge in [-0.2, -0.15) is 5.26 Å². The predicted molar refractivity (Wildman–Crippen MR) is 68.8 cm³/mol. The summed E-state index contributed by atoms with van der Waals surface area (Å²) in [6.07, 6.45) is 0. The van der Waals surface area contributed by atoms with Crippen molar-refractivity contribution in [2.75, 3.05) is 7.11 Å². The number of methoxy groups -OCH3 is 1. The van der Waals surface area contributed by atoms with Gasteiger partial charge in [-0.1, -0.05) is 32.0 Å². The molecule has 0 bridgehead atoms. The summed E-state index contributed by atoms with van der Waals surface area (Å²) >= 11 is 0. The molecule has 0 fully saturated rings. The topological polar surface area (TPSA) is 62.1 Å². The summed E-state index contributed by atoms with van der Waals surface area (Å²) in [6, 6.07) is 9.50. The summed E-state index contributed by atoms with van der Waals surface area (Å²) in [5, 5.41) is 11.7. The summed E-state index contributed by atoms with van der Waals surface area (Å²) in [7, 11) is 1.59. The van der Waals surface area contributed by atoms with E-state index in [0.717, 1.165) is 11.3 Å². The summed E-state index contributed by atoms with van der Waals surface area (Å²) in [6.45, 7) is 4.08. The van der Waals surface area contributed by atoms with E-state index in [0.29, 0.717) is 6.54 Å². The minimum absolute atomic E-state index is 0.00710. The second kappa shape index (κ2) is 6.65. The highest BCUT2D eigenvalue weighted by molar-refractivity contribution is 5.81. The molecule has 0 saturated carbocycles. The third-order valence-electron chi connectivity index (χ3n) is 2.73. The van der Waals surface area contributed by atoms with Crippen LogP contribution in [-0.4, -0.2) is 13.0 Å². The number of para-hydroxylation sites is 1. The summed E-state index contributed by atoms with van der Waals surface area (Å²) in [5.41, 5.74) is 0.897. The average Bonchev–Trinajstić information content (AvgIpc) is 2.37. The zero-order valence-corrected chi connectivity index (χ0v) is 10.9. The monoisotopic (exact) mass is 246 g/mol. The van der Waals surface area contributed by atoms with E-state index in [-0.39, 0.29) is 11.8 Å². The van der Waals surface area contributed by atoms with Gasteiger partial charge in [-0.3, -0.25) is 4.79 Å². The summed E-state index contributed by atoms with van der Waals surface area (Å²) in [5.74, 6) is -0.110. The highest BCUT2D eigenvalue weighted by Crippen LogP contribution is 2.17. The van der Waals surface area contributed by atoms with E-state index < -0.39 is 5.92 Å². The fraction of sp³-hybridized carbons (Fsp3) is 0.429. The molecule has 1 aromatic rings. The van der Waals surface area contributed by atoms with E-state index >= 15 is 0 Å². The molecule has 1 N–H and O–H groups in total. The first-order valence-corrected chi connectivity index (χ1v) is 5.89. The fourth-order valence-corrected chi connectivity index (χ4v) is 1.65. The van der Waals surface area contributed by atoms with Gasteiger partial charge in [0, 0.05) is 12.1 Å². The minimum Gasteiger partial charge on any atom is -0.496 e. The highest BCUT2D eigenvalue weighted by Gasteiger charge is 2.21. The van der Waals surface area contributed by atoms with E-state index in [1.807, 2.05) is 44.2 Å². The molecule has 1 rings (SSSR count). The van der Waals surface area contributed by atoms with Crippen LogP contribution in [0, 0.1) is 23.2 Å². The van der Waals surface area contributed by atoms with Crippen molar-refractivity contribution in [3.63, 3.8) is 0 Å². The maximum atomic E-state index is 11.8. The normalized spacial score (nSPS) is 11.7. The SMILES string of the molecule is COc1ccccc1CNC(=O)C(C#N)C(C)C. The molecule has 1 atom stereocenters. The lowest BCUT2D eigenvalue weighted by molar-refractivity contribution is -0.124. The van der Waals surface area contributed by atoms with E-state index in [9.17, 15) is 4.79 Å². The summed E-state index contributed by atoms with van der Waals surface area (Å²) in [4.78, 5) is 11.8. The molecule has 0 aliphatic rings. The largest absolute Gasteiger partial charge is 0.496 e. The minimum atomic E-state index is -0.611. The van der Waals surface area contributed by atoms with Crippen molar-refractivity contribution >= 4 is 5.91 Å². The first-order valence-electron chi connectivity index (χ1n) is 5.89. The second-order valence-corrected chi connectivity index (χ2v) is 4.38. The molecule has 18 heavy (non-hydrogen) atoms. The number of nitrogens with zero attached hydrogens (tertiary/aromatic N) is 1. The molecule has 0 aliphatic carbocycles. The molecule has 0 aromatic heterocycles. The van der Waals surface area contributed by atoms with E-state index in [4.69, 9.17) is 10.00 Å². The Bertz CT molecular complexity index is 449. The quantitative estimate of drug-likeness (QED) is 0.865. The molecule has 0 spiro atoms. The average molecular weight is 246 g/mol. The van der Waals surface area contributed by atoms with Gasteiger partial charge in [0.15, 0.2) is 0 Å². The van der Waals surface area contributed by atoms with Gasteiger partial charge in [-0.25, -0.2) is 0 Å². The molecule has 4 heteroatoms. The predicted octanol–water partition coefficient (Wildman–Crippen LogP) is 2.11. The number of amides is 1. The lowest BCUT2D eigenvalue weighted by Crippen LogP contribution is -2.32. The Morgan fingerprint density at radius 1 is 1.44 bits per heavy atom. The molecule has 1 aromatic carbocycles. The number of carbonyl (C=O) groups is 1. The fourth-order valence-electron chi connectivity index (χ4n) is 1.65. The number of hydrogen-bond donors (Lipinski definition) is 1. The Morgan fingerprint density at radius 2 is 2.11 bits per heavy atom. The number of nitriles is 1. The summed E-state index contributed by atoms with van der Waals surface area (Å²) < 4.78 is 5.20. The Labute approximate surface area is 108 Å². The second-order valence-electron chi connectivity index (χ2n) is 4.38. The van der Waals surface area contributed by atoms with Crippen molar-refractivity contribution in [2.24, 2.45) is 11.8 Å². The molecule has 4 nitrogen and oxygen atoms in total. The Hall–Kier alpha value is -2.02. The molecule has 96 valence electrons. The Balaban J connectivity index is 2.65. The van der Waals surface area contributed by atoms with Crippen LogP contribution in [0.4, 0.5) is 0 Å². The van der Waals surface area contributed by atoms with Crippen LogP contribution >= 0.6 is 0 Å². The zero-order chi connectivity index (χ0) is 13.5. The maximum absolute atomic E-state index is 11.8. The van der Waals surface area contributed by atoms with Gasteiger partial charge < -0.3 is 10.1 Å². The van der Waals surface area contributed by atoms with Gasteiger partial charge in [0.25, 0.3) is 0 Å². The molecule has 0 saturated heterocycles. The van der Waals surface area contributed by atoms with E-state index in [2.05, 4.69) is 5.32 Å². The third-order valence-corrected chi connectivity index (χ3v) is 2.73. The van der Waals surface area contributed by atoms with Gasteiger partial charge >= 0.3 is 0 Å². The van der Waals surface area contributed by atoms with Crippen LogP contribution < -0.4 is 10.1 Å². The van der Waals surface area contributed by atoms with Crippen LogP contribution in [-0.2, 0) is 11.3 Å². The molecule has 0 heterocycles. The van der Waals surface area contributed by atoms with Crippen molar-refractivity contribution in [2.45, 2.75) is 20.4 Å². The van der Waals surface area contributed by atoms with E-state index in [1.165, 1.54) is 0 Å². The van der Waals surface area contributed by atoms with Gasteiger partial charge in [-0.15, -0.1) is 0 Å². The lowest BCUT2D eigenvalue weighted by Gasteiger charge is -2.14. The number of benzene rings is 1. The van der Waals surface area contributed by atoms with Crippen molar-refractivity contribution in [1.82, 2.24) is 5.32 Å². The molecular weight excluding hydrogens is 228 g/mol. The van der Waals surface area contributed by atoms with Crippen LogP contribution in [0.2, 0.25) is 0 Å². The van der Waals surface area contributed by atoms with Gasteiger partial charge in [0.2, 0.25) is 5.91 Å². The Morgan fingerprint density at radius 3 is 2.67 bits per heavy atom. The number of nitrogens with one attached hydrogen (secondary N) is 1.